The van der Waals surface area contributed by atoms with Crippen LogP contribution in [-0.2, 0) is 9.53 Å². The molecule has 0 bridgehead atoms. The van der Waals surface area contributed by atoms with Crippen LogP contribution in [0.15, 0.2) is 36.4 Å². The van der Waals surface area contributed by atoms with E-state index in [2.05, 4.69) is 0 Å². The Bertz CT molecular complexity index is 750. The van der Waals surface area contributed by atoms with Gasteiger partial charge in [-0.2, -0.15) is 0 Å². The van der Waals surface area contributed by atoms with Gasteiger partial charge in [-0.3, -0.25) is 4.79 Å². The predicted octanol–water partition coefficient (Wildman–Crippen LogP) is 3.02. The third kappa shape index (κ3) is 3.35. The maximum Gasteiger partial charge on any atom is 0.341 e. The van der Waals surface area contributed by atoms with Crippen molar-refractivity contribution >= 4 is 22.6 Å². The van der Waals surface area contributed by atoms with Crippen molar-refractivity contribution in [1.82, 2.24) is 4.90 Å². The number of nitrogens with zero attached hydrogens (tertiary/aromatic N) is 1. The van der Waals surface area contributed by atoms with Gasteiger partial charge in [-0.15, -0.1) is 0 Å². The van der Waals surface area contributed by atoms with E-state index in [9.17, 15) is 9.59 Å². The molecule has 2 aromatic carbocycles. The molecular weight excluding hydrogens is 306 g/mol. The van der Waals surface area contributed by atoms with E-state index in [4.69, 9.17) is 9.47 Å². The number of hydrogen-bond acceptors (Lipinski definition) is 4. The average molecular weight is 327 g/mol. The molecule has 1 heterocycles. The van der Waals surface area contributed by atoms with Crippen molar-refractivity contribution in [1.29, 1.82) is 0 Å². The van der Waals surface area contributed by atoms with E-state index < -0.39 is 5.97 Å². The summed E-state index contributed by atoms with van der Waals surface area (Å²) in [6.07, 6.45) is 3.24. The molecule has 126 valence electrons. The van der Waals surface area contributed by atoms with E-state index in [1.54, 1.807) is 6.07 Å². The van der Waals surface area contributed by atoms with Crippen molar-refractivity contribution in [2.75, 3.05) is 26.8 Å². The van der Waals surface area contributed by atoms with E-state index in [0.717, 1.165) is 36.7 Å². The zero-order chi connectivity index (χ0) is 16.9. The summed E-state index contributed by atoms with van der Waals surface area (Å²) in [7, 11) is 1.33. The molecule has 5 nitrogen and oxygen atoms in total. The Kier molecular flexibility index (Phi) is 4.99. The fraction of sp³-hybridized carbons (Fsp3) is 0.368. The van der Waals surface area contributed by atoms with Gasteiger partial charge in [0.15, 0.2) is 6.61 Å². The molecule has 1 amide bonds. The standard InChI is InChI=1S/C19H21NO4/c1-23-19(22)16-10-9-14-7-3-4-8-15(14)18(16)24-13-17(21)20-11-5-2-6-12-20/h3-4,7-10H,2,5-6,11-13H2,1H3. The second kappa shape index (κ2) is 7.34. The van der Waals surface area contributed by atoms with Crippen LogP contribution in [0.3, 0.4) is 0 Å². The van der Waals surface area contributed by atoms with Gasteiger partial charge in [-0.05, 0) is 30.7 Å². The van der Waals surface area contributed by atoms with Gasteiger partial charge in [0, 0.05) is 18.5 Å². The average Bonchev–Trinajstić information content (AvgIpc) is 2.65. The molecule has 0 aliphatic carbocycles. The maximum atomic E-state index is 12.3. The number of methoxy groups -OCH3 is 1. The first kappa shape index (κ1) is 16.3. The van der Waals surface area contributed by atoms with Gasteiger partial charge < -0.3 is 14.4 Å². The molecule has 24 heavy (non-hydrogen) atoms. The van der Waals surface area contributed by atoms with E-state index in [-0.39, 0.29) is 12.5 Å². The second-order valence-corrected chi connectivity index (χ2v) is 5.89. The molecule has 0 atom stereocenters. The number of ether oxygens (including phenoxy) is 2. The van der Waals surface area contributed by atoms with Gasteiger partial charge in [0.05, 0.1) is 7.11 Å². The third-order valence-corrected chi connectivity index (χ3v) is 4.33. The van der Waals surface area contributed by atoms with Gasteiger partial charge in [-0.1, -0.05) is 30.3 Å². The first-order valence-corrected chi connectivity index (χ1v) is 8.21. The molecule has 1 fully saturated rings. The summed E-state index contributed by atoms with van der Waals surface area (Å²) in [6, 6.07) is 11.1. The Morgan fingerprint density at radius 1 is 1.04 bits per heavy atom. The molecular formula is C19H21NO4. The number of carbonyl (C=O) groups excluding carboxylic acids is 2. The van der Waals surface area contributed by atoms with E-state index in [1.807, 2.05) is 35.2 Å². The van der Waals surface area contributed by atoms with Crippen LogP contribution >= 0.6 is 0 Å². The molecule has 2 aromatic rings. The lowest BCUT2D eigenvalue weighted by atomic mass is 10.1. The van der Waals surface area contributed by atoms with E-state index in [0.29, 0.717) is 11.3 Å². The van der Waals surface area contributed by atoms with Gasteiger partial charge in [-0.25, -0.2) is 4.79 Å². The molecule has 0 spiro atoms. The minimum Gasteiger partial charge on any atom is -0.482 e. The van der Waals surface area contributed by atoms with E-state index >= 15 is 0 Å². The molecule has 5 heteroatoms. The second-order valence-electron chi connectivity index (χ2n) is 5.89. The van der Waals surface area contributed by atoms with Crippen LogP contribution in [0.4, 0.5) is 0 Å². The van der Waals surface area contributed by atoms with Crippen molar-refractivity contribution in [3.63, 3.8) is 0 Å². The van der Waals surface area contributed by atoms with Gasteiger partial charge in [0.2, 0.25) is 0 Å². The summed E-state index contributed by atoms with van der Waals surface area (Å²) in [5.74, 6) is -0.107. The quantitative estimate of drug-likeness (QED) is 0.810. The lowest BCUT2D eigenvalue weighted by molar-refractivity contribution is -0.134. The monoisotopic (exact) mass is 327 g/mol. The van der Waals surface area contributed by atoms with Crippen molar-refractivity contribution < 1.29 is 19.1 Å². The highest BCUT2D eigenvalue weighted by Crippen LogP contribution is 2.30. The Balaban J connectivity index is 1.86. The van der Waals surface area contributed by atoms with Crippen molar-refractivity contribution in [2.45, 2.75) is 19.3 Å². The van der Waals surface area contributed by atoms with Gasteiger partial charge in [0.1, 0.15) is 11.3 Å². The normalized spacial score (nSPS) is 14.5. The summed E-state index contributed by atoms with van der Waals surface area (Å²) in [6.45, 7) is 1.49. The highest BCUT2D eigenvalue weighted by molar-refractivity contribution is 6.01. The number of esters is 1. The van der Waals surface area contributed by atoms with Crippen LogP contribution in [0.2, 0.25) is 0 Å². The Hall–Kier alpha value is -2.56. The van der Waals surface area contributed by atoms with Gasteiger partial charge in [0.25, 0.3) is 5.91 Å². The summed E-state index contributed by atoms with van der Waals surface area (Å²) in [4.78, 5) is 26.2. The largest absolute Gasteiger partial charge is 0.482 e. The minimum absolute atomic E-state index is 0.0431. The number of piperidine rings is 1. The predicted molar refractivity (Wildman–Crippen MR) is 91.2 cm³/mol. The molecule has 0 unspecified atom stereocenters. The van der Waals surface area contributed by atoms with E-state index in [1.165, 1.54) is 13.5 Å². The van der Waals surface area contributed by atoms with Crippen LogP contribution in [0.25, 0.3) is 10.8 Å². The number of hydrogen-bond donors (Lipinski definition) is 0. The number of likely N-dealkylation sites (tertiary alicyclic amines) is 1. The first-order valence-electron chi connectivity index (χ1n) is 8.21. The zero-order valence-electron chi connectivity index (χ0n) is 13.8. The molecule has 1 aliphatic rings. The highest BCUT2D eigenvalue weighted by atomic mass is 16.5. The fourth-order valence-corrected chi connectivity index (χ4v) is 3.04. The smallest absolute Gasteiger partial charge is 0.341 e. The topological polar surface area (TPSA) is 55.8 Å². The summed E-state index contributed by atoms with van der Waals surface area (Å²) in [5.41, 5.74) is 0.336. The lowest BCUT2D eigenvalue weighted by Gasteiger charge is -2.26. The number of benzene rings is 2. The van der Waals surface area contributed by atoms with Crippen LogP contribution < -0.4 is 4.74 Å². The molecule has 3 rings (SSSR count). The fourth-order valence-electron chi connectivity index (χ4n) is 3.04. The molecule has 0 saturated carbocycles. The summed E-state index contributed by atoms with van der Waals surface area (Å²) >= 11 is 0. The van der Waals surface area contributed by atoms with Crippen LogP contribution in [0.5, 0.6) is 5.75 Å². The first-order chi connectivity index (χ1) is 11.7. The molecule has 0 radical (unpaired) electrons. The van der Waals surface area contributed by atoms with Crippen molar-refractivity contribution in [2.24, 2.45) is 0 Å². The van der Waals surface area contributed by atoms with Crippen LogP contribution in [0, 0.1) is 0 Å². The molecule has 0 N–H and O–H groups in total. The molecule has 1 saturated heterocycles. The van der Waals surface area contributed by atoms with Crippen LogP contribution in [-0.4, -0.2) is 43.6 Å². The van der Waals surface area contributed by atoms with Crippen molar-refractivity contribution in [3.05, 3.63) is 42.0 Å². The van der Waals surface area contributed by atoms with Gasteiger partial charge >= 0.3 is 5.97 Å². The summed E-state index contributed by atoms with van der Waals surface area (Å²) < 4.78 is 10.6. The van der Waals surface area contributed by atoms with Crippen molar-refractivity contribution in [3.8, 4) is 5.75 Å². The molecule has 0 aromatic heterocycles. The highest BCUT2D eigenvalue weighted by Gasteiger charge is 2.20. The number of fused-ring (bicyclic) bond motifs is 1. The van der Waals surface area contributed by atoms with Crippen LogP contribution in [0.1, 0.15) is 29.6 Å². The Morgan fingerprint density at radius 3 is 2.54 bits per heavy atom. The number of rotatable bonds is 4. The number of amides is 1. The Morgan fingerprint density at radius 2 is 1.79 bits per heavy atom. The minimum atomic E-state index is -0.471. The number of carbonyl (C=O) groups is 2. The maximum absolute atomic E-state index is 12.3. The SMILES string of the molecule is COC(=O)c1ccc2ccccc2c1OCC(=O)N1CCCCC1. The summed E-state index contributed by atoms with van der Waals surface area (Å²) in [5, 5.41) is 1.75. The lowest BCUT2D eigenvalue weighted by Crippen LogP contribution is -2.38. The zero-order valence-corrected chi connectivity index (χ0v) is 13.8. The molecule has 1 aliphatic heterocycles. The third-order valence-electron chi connectivity index (χ3n) is 4.33. The Labute approximate surface area is 141 Å².